The van der Waals surface area contributed by atoms with Gasteiger partial charge in [-0.05, 0) is 77.6 Å². The van der Waals surface area contributed by atoms with Crippen molar-refractivity contribution < 1.29 is 13.9 Å². The molecular weight excluding hydrogens is 521 g/mol. The van der Waals surface area contributed by atoms with Crippen LogP contribution in [0.25, 0.3) is 0 Å². The molecule has 1 aromatic rings. The van der Waals surface area contributed by atoms with Crippen molar-refractivity contribution in [3.8, 4) is 0 Å². The van der Waals surface area contributed by atoms with Gasteiger partial charge in [0, 0.05) is 33.2 Å². The summed E-state index contributed by atoms with van der Waals surface area (Å²) in [4.78, 5) is 21.1. The van der Waals surface area contributed by atoms with Crippen LogP contribution < -0.4 is 10.6 Å². The van der Waals surface area contributed by atoms with Crippen LogP contribution in [0.1, 0.15) is 58.3 Å². The number of halogens is 1. The first-order valence-electron chi connectivity index (χ1n) is 11.6. The molecule has 9 heteroatoms. The first-order chi connectivity index (χ1) is 14.9. The van der Waals surface area contributed by atoms with Crippen molar-refractivity contribution in [2.75, 3.05) is 46.3 Å². The van der Waals surface area contributed by atoms with Crippen molar-refractivity contribution in [2.24, 2.45) is 10.9 Å². The molecule has 2 N–H and O–H groups in total. The summed E-state index contributed by atoms with van der Waals surface area (Å²) in [5.41, 5.74) is -0.464. The quantitative estimate of drug-likeness (QED) is 0.312. The molecule has 3 rings (SSSR count). The fourth-order valence-corrected chi connectivity index (χ4v) is 4.32. The third kappa shape index (κ3) is 8.13. The fourth-order valence-electron chi connectivity index (χ4n) is 4.32. The van der Waals surface area contributed by atoms with Crippen molar-refractivity contribution in [1.29, 1.82) is 0 Å². The second-order valence-electron chi connectivity index (χ2n) is 9.54. The normalized spacial score (nSPS) is 21.1. The minimum absolute atomic E-state index is 0. The maximum atomic E-state index is 12.4. The SMILES string of the molecule is CN=C(NCC1CCCN(C(=O)OC(C)(C)C)C1)NCC(c1ccco1)N1CCCC1.I. The number of piperidine rings is 1. The summed E-state index contributed by atoms with van der Waals surface area (Å²) in [6.45, 7) is 10.9. The van der Waals surface area contributed by atoms with Gasteiger partial charge >= 0.3 is 6.09 Å². The van der Waals surface area contributed by atoms with Gasteiger partial charge in [-0.2, -0.15) is 0 Å². The molecule has 3 heterocycles. The smallest absolute Gasteiger partial charge is 0.410 e. The molecule has 0 aromatic carbocycles. The number of furan rings is 1. The molecule has 2 atom stereocenters. The molecule has 1 aromatic heterocycles. The first-order valence-corrected chi connectivity index (χ1v) is 11.6. The molecule has 8 nitrogen and oxygen atoms in total. The zero-order valence-electron chi connectivity index (χ0n) is 19.9. The van der Waals surface area contributed by atoms with E-state index in [1.165, 1.54) is 12.8 Å². The van der Waals surface area contributed by atoms with Gasteiger partial charge < -0.3 is 24.7 Å². The number of amides is 1. The number of carbonyl (C=O) groups excluding carboxylic acids is 1. The summed E-state index contributed by atoms with van der Waals surface area (Å²) in [6, 6.07) is 4.20. The van der Waals surface area contributed by atoms with Crippen molar-refractivity contribution in [3.63, 3.8) is 0 Å². The largest absolute Gasteiger partial charge is 0.468 e. The summed E-state index contributed by atoms with van der Waals surface area (Å²) in [6.07, 6.45) is 6.08. The van der Waals surface area contributed by atoms with Gasteiger partial charge in [0.25, 0.3) is 0 Å². The lowest BCUT2D eigenvalue weighted by molar-refractivity contribution is 0.0168. The average molecular weight is 562 g/mol. The highest BCUT2D eigenvalue weighted by Crippen LogP contribution is 2.25. The number of hydrogen-bond acceptors (Lipinski definition) is 5. The van der Waals surface area contributed by atoms with E-state index in [-0.39, 0.29) is 36.1 Å². The molecule has 0 aliphatic carbocycles. The number of rotatable bonds is 6. The van der Waals surface area contributed by atoms with E-state index in [0.717, 1.165) is 57.3 Å². The average Bonchev–Trinajstić information content (AvgIpc) is 3.44. The Bertz CT molecular complexity index is 714. The van der Waals surface area contributed by atoms with Crippen LogP contribution in [0.4, 0.5) is 4.79 Å². The Morgan fingerprint density at radius 1 is 1.25 bits per heavy atom. The van der Waals surface area contributed by atoms with E-state index in [4.69, 9.17) is 9.15 Å². The molecule has 0 spiro atoms. The lowest BCUT2D eigenvalue weighted by atomic mass is 9.98. The number of carbonyl (C=O) groups is 1. The van der Waals surface area contributed by atoms with Crippen LogP contribution in [0, 0.1) is 5.92 Å². The van der Waals surface area contributed by atoms with Gasteiger partial charge in [-0.25, -0.2) is 4.79 Å². The van der Waals surface area contributed by atoms with Crippen LogP contribution in [-0.4, -0.2) is 73.8 Å². The molecule has 1 amide bonds. The summed E-state index contributed by atoms with van der Waals surface area (Å²) in [5, 5.41) is 6.92. The molecule has 2 fully saturated rings. The van der Waals surface area contributed by atoms with Gasteiger partial charge in [0.15, 0.2) is 5.96 Å². The molecule has 0 saturated carbocycles. The van der Waals surface area contributed by atoms with Crippen molar-refractivity contribution >= 4 is 36.0 Å². The van der Waals surface area contributed by atoms with Crippen molar-refractivity contribution in [2.45, 2.75) is 58.1 Å². The Morgan fingerprint density at radius 2 is 2.00 bits per heavy atom. The maximum Gasteiger partial charge on any atom is 0.410 e. The maximum absolute atomic E-state index is 12.4. The van der Waals surface area contributed by atoms with E-state index in [1.807, 2.05) is 37.8 Å². The van der Waals surface area contributed by atoms with Gasteiger partial charge in [0.05, 0.1) is 12.3 Å². The summed E-state index contributed by atoms with van der Waals surface area (Å²) in [7, 11) is 1.79. The molecule has 182 valence electrons. The number of likely N-dealkylation sites (tertiary alicyclic amines) is 2. The van der Waals surface area contributed by atoms with E-state index >= 15 is 0 Å². The number of ether oxygens (including phenoxy) is 1. The lowest BCUT2D eigenvalue weighted by Crippen LogP contribution is -2.48. The Labute approximate surface area is 209 Å². The predicted octanol–water partition coefficient (Wildman–Crippen LogP) is 3.85. The monoisotopic (exact) mass is 561 g/mol. The second-order valence-corrected chi connectivity index (χ2v) is 9.54. The Balaban J connectivity index is 0.00000363. The minimum Gasteiger partial charge on any atom is -0.468 e. The number of nitrogens with zero attached hydrogens (tertiary/aromatic N) is 3. The van der Waals surface area contributed by atoms with Crippen LogP contribution in [0.5, 0.6) is 0 Å². The number of nitrogens with one attached hydrogen (secondary N) is 2. The zero-order chi connectivity index (χ0) is 22.3. The molecule has 2 aliphatic rings. The van der Waals surface area contributed by atoms with E-state index in [9.17, 15) is 4.79 Å². The summed E-state index contributed by atoms with van der Waals surface area (Å²) >= 11 is 0. The molecule has 0 bridgehead atoms. The molecule has 2 saturated heterocycles. The fraction of sp³-hybridized carbons (Fsp3) is 0.739. The van der Waals surface area contributed by atoms with Crippen LogP contribution >= 0.6 is 24.0 Å². The van der Waals surface area contributed by atoms with Gasteiger partial charge in [0.1, 0.15) is 11.4 Å². The highest BCUT2D eigenvalue weighted by atomic mass is 127. The highest BCUT2D eigenvalue weighted by Gasteiger charge is 2.28. The molecule has 2 unspecified atom stereocenters. The first kappa shape index (κ1) is 26.8. The number of hydrogen-bond donors (Lipinski definition) is 2. The third-order valence-corrected chi connectivity index (χ3v) is 5.87. The molecule has 32 heavy (non-hydrogen) atoms. The van der Waals surface area contributed by atoms with E-state index in [1.54, 1.807) is 13.3 Å². The van der Waals surface area contributed by atoms with Crippen LogP contribution in [0.2, 0.25) is 0 Å². The standard InChI is InChI=1S/C23H39N5O3.HI/c1-23(2,3)31-22(29)28-13-7-9-18(17-28)15-25-21(24-4)26-16-19(20-10-8-14-30-20)27-11-5-6-12-27;/h8,10,14,18-19H,5-7,9,11-13,15-17H2,1-4H3,(H2,24,25,26);1H. The van der Waals surface area contributed by atoms with Crippen molar-refractivity contribution in [1.82, 2.24) is 20.4 Å². The molecule has 0 radical (unpaired) electrons. The van der Waals surface area contributed by atoms with Crippen LogP contribution in [0.3, 0.4) is 0 Å². The molecular formula is C23H40IN5O3. The summed E-state index contributed by atoms with van der Waals surface area (Å²) in [5.74, 6) is 2.15. The zero-order valence-corrected chi connectivity index (χ0v) is 22.3. The minimum atomic E-state index is -0.464. The summed E-state index contributed by atoms with van der Waals surface area (Å²) < 4.78 is 11.2. The highest BCUT2D eigenvalue weighted by molar-refractivity contribution is 14.0. The van der Waals surface area contributed by atoms with Gasteiger partial charge in [-0.15, -0.1) is 24.0 Å². The van der Waals surface area contributed by atoms with E-state index in [0.29, 0.717) is 12.5 Å². The topological polar surface area (TPSA) is 82.3 Å². The Morgan fingerprint density at radius 3 is 2.62 bits per heavy atom. The Hall–Kier alpha value is -1.49. The van der Waals surface area contributed by atoms with Crippen LogP contribution in [0.15, 0.2) is 27.8 Å². The van der Waals surface area contributed by atoms with E-state index < -0.39 is 5.60 Å². The van der Waals surface area contributed by atoms with Gasteiger partial charge in [0.2, 0.25) is 0 Å². The number of aliphatic imine (C=N–C) groups is 1. The molecule has 2 aliphatic heterocycles. The Kier molecular flexibility index (Phi) is 10.6. The van der Waals surface area contributed by atoms with Gasteiger partial charge in [-0.1, -0.05) is 0 Å². The van der Waals surface area contributed by atoms with Crippen molar-refractivity contribution in [3.05, 3.63) is 24.2 Å². The number of guanidine groups is 1. The van der Waals surface area contributed by atoms with E-state index in [2.05, 4.69) is 20.5 Å². The van der Waals surface area contributed by atoms with Crippen LogP contribution in [-0.2, 0) is 4.74 Å². The lowest BCUT2D eigenvalue weighted by Gasteiger charge is -2.34. The predicted molar refractivity (Wildman–Crippen MR) is 138 cm³/mol. The third-order valence-electron chi connectivity index (χ3n) is 5.87. The second kappa shape index (κ2) is 12.7. The van der Waals surface area contributed by atoms with Gasteiger partial charge in [-0.3, -0.25) is 9.89 Å².